The van der Waals surface area contributed by atoms with Gasteiger partial charge in [-0.25, -0.2) is 9.48 Å². The standard InChI is InChI=1S/C15H24N4O3/c1-10(2)8-12-14(15(21)22)16-17-19(12)9-13(20)18-6-4-11(3)5-7-18/h10-11H,4-9H2,1-3H3,(H,21,22). The first-order valence-corrected chi connectivity index (χ1v) is 7.82. The second-order valence-electron chi connectivity index (χ2n) is 6.51. The summed E-state index contributed by atoms with van der Waals surface area (Å²) >= 11 is 0. The molecule has 0 saturated carbocycles. The van der Waals surface area contributed by atoms with E-state index in [0.717, 1.165) is 25.9 Å². The van der Waals surface area contributed by atoms with Crippen LogP contribution in [0.2, 0.25) is 0 Å². The SMILES string of the molecule is CC(C)Cc1c(C(=O)O)nnn1CC(=O)N1CCC(C)CC1. The van der Waals surface area contributed by atoms with Crippen LogP contribution in [-0.2, 0) is 17.8 Å². The van der Waals surface area contributed by atoms with Crippen molar-refractivity contribution < 1.29 is 14.7 Å². The fourth-order valence-electron chi connectivity index (χ4n) is 2.70. The highest BCUT2D eigenvalue weighted by Crippen LogP contribution is 2.17. The van der Waals surface area contributed by atoms with Gasteiger partial charge in [-0.05, 0) is 31.1 Å². The number of carbonyl (C=O) groups excluding carboxylic acids is 1. The maximum absolute atomic E-state index is 12.4. The third-order valence-electron chi connectivity index (χ3n) is 4.06. The molecule has 0 aliphatic carbocycles. The molecule has 122 valence electrons. The van der Waals surface area contributed by atoms with E-state index in [0.29, 0.717) is 18.0 Å². The summed E-state index contributed by atoms with van der Waals surface area (Å²) in [5.41, 5.74) is 0.481. The zero-order valence-electron chi connectivity index (χ0n) is 13.4. The van der Waals surface area contributed by atoms with Crippen LogP contribution in [0.1, 0.15) is 49.8 Å². The molecule has 2 rings (SSSR count). The molecular formula is C15H24N4O3. The average molecular weight is 308 g/mol. The zero-order valence-corrected chi connectivity index (χ0v) is 13.4. The van der Waals surface area contributed by atoms with Gasteiger partial charge in [0.15, 0.2) is 5.69 Å². The Hall–Kier alpha value is -1.92. The monoisotopic (exact) mass is 308 g/mol. The van der Waals surface area contributed by atoms with E-state index < -0.39 is 5.97 Å². The second kappa shape index (κ2) is 6.89. The Morgan fingerprint density at radius 1 is 1.32 bits per heavy atom. The highest BCUT2D eigenvalue weighted by Gasteiger charge is 2.24. The van der Waals surface area contributed by atoms with E-state index >= 15 is 0 Å². The van der Waals surface area contributed by atoms with Crippen molar-refractivity contribution in [2.45, 2.75) is 46.6 Å². The number of nitrogens with zero attached hydrogens (tertiary/aromatic N) is 4. The zero-order chi connectivity index (χ0) is 16.3. The number of carboxylic acid groups (broad SMARTS) is 1. The van der Waals surface area contributed by atoms with E-state index in [-0.39, 0.29) is 24.1 Å². The van der Waals surface area contributed by atoms with Crippen LogP contribution in [0.15, 0.2) is 0 Å². The molecule has 1 N–H and O–H groups in total. The maximum atomic E-state index is 12.4. The number of aromatic carboxylic acids is 1. The summed E-state index contributed by atoms with van der Waals surface area (Å²) < 4.78 is 1.45. The van der Waals surface area contributed by atoms with Crippen molar-refractivity contribution in [3.63, 3.8) is 0 Å². The second-order valence-corrected chi connectivity index (χ2v) is 6.51. The number of hydrogen-bond donors (Lipinski definition) is 1. The third-order valence-corrected chi connectivity index (χ3v) is 4.06. The van der Waals surface area contributed by atoms with Gasteiger partial charge in [0, 0.05) is 13.1 Å². The molecular weight excluding hydrogens is 284 g/mol. The normalized spacial score (nSPS) is 16.3. The smallest absolute Gasteiger partial charge is 0.358 e. The first-order valence-electron chi connectivity index (χ1n) is 7.82. The summed E-state index contributed by atoms with van der Waals surface area (Å²) in [6.45, 7) is 7.78. The van der Waals surface area contributed by atoms with Crippen LogP contribution in [0.4, 0.5) is 0 Å². The summed E-state index contributed by atoms with van der Waals surface area (Å²) in [6, 6.07) is 0. The van der Waals surface area contributed by atoms with Crippen molar-refractivity contribution >= 4 is 11.9 Å². The summed E-state index contributed by atoms with van der Waals surface area (Å²) in [7, 11) is 0. The van der Waals surface area contributed by atoms with Gasteiger partial charge in [0.05, 0.1) is 5.69 Å². The highest BCUT2D eigenvalue weighted by atomic mass is 16.4. The molecule has 1 amide bonds. The summed E-state index contributed by atoms with van der Waals surface area (Å²) in [4.78, 5) is 25.4. The molecule has 1 saturated heterocycles. The van der Waals surface area contributed by atoms with Crippen LogP contribution < -0.4 is 0 Å². The van der Waals surface area contributed by atoms with Gasteiger partial charge >= 0.3 is 5.97 Å². The van der Waals surface area contributed by atoms with Gasteiger partial charge in [-0.3, -0.25) is 4.79 Å². The molecule has 7 nitrogen and oxygen atoms in total. The van der Waals surface area contributed by atoms with E-state index in [9.17, 15) is 14.7 Å². The van der Waals surface area contributed by atoms with Crippen LogP contribution in [0, 0.1) is 11.8 Å². The summed E-state index contributed by atoms with van der Waals surface area (Å²) in [6.07, 6.45) is 2.57. The molecule has 0 unspecified atom stereocenters. The Balaban J connectivity index is 2.11. The molecule has 0 bridgehead atoms. The molecule has 7 heteroatoms. The minimum Gasteiger partial charge on any atom is -0.476 e. The van der Waals surface area contributed by atoms with Gasteiger partial charge in [0.1, 0.15) is 6.54 Å². The number of carboxylic acids is 1. The molecule has 0 radical (unpaired) electrons. The van der Waals surface area contributed by atoms with Gasteiger partial charge in [0.2, 0.25) is 5.91 Å². The lowest BCUT2D eigenvalue weighted by atomic mass is 9.99. The lowest BCUT2D eigenvalue weighted by Gasteiger charge is -2.30. The number of hydrogen-bond acceptors (Lipinski definition) is 4. The van der Waals surface area contributed by atoms with E-state index in [1.54, 1.807) is 0 Å². The van der Waals surface area contributed by atoms with Crippen LogP contribution in [0.5, 0.6) is 0 Å². The van der Waals surface area contributed by atoms with Gasteiger partial charge < -0.3 is 10.0 Å². The summed E-state index contributed by atoms with van der Waals surface area (Å²) in [5.74, 6) is -0.188. The molecule has 1 aromatic rings. The number of rotatable bonds is 5. The van der Waals surface area contributed by atoms with Crippen molar-refractivity contribution in [1.82, 2.24) is 19.9 Å². The number of aromatic nitrogens is 3. The van der Waals surface area contributed by atoms with Gasteiger partial charge in [-0.1, -0.05) is 26.0 Å². The Morgan fingerprint density at radius 3 is 2.50 bits per heavy atom. The molecule has 2 heterocycles. The van der Waals surface area contributed by atoms with Crippen LogP contribution >= 0.6 is 0 Å². The molecule has 0 spiro atoms. The molecule has 1 aliphatic rings. The molecule has 1 aromatic heterocycles. The minimum absolute atomic E-state index is 0.0151. The number of carbonyl (C=O) groups is 2. The molecule has 22 heavy (non-hydrogen) atoms. The number of piperidine rings is 1. The number of likely N-dealkylation sites (tertiary alicyclic amines) is 1. The maximum Gasteiger partial charge on any atom is 0.358 e. The van der Waals surface area contributed by atoms with Crippen molar-refractivity contribution in [2.75, 3.05) is 13.1 Å². The lowest BCUT2D eigenvalue weighted by Crippen LogP contribution is -2.40. The fraction of sp³-hybridized carbons (Fsp3) is 0.733. The van der Waals surface area contributed by atoms with Crippen molar-refractivity contribution in [2.24, 2.45) is 11.8 Å². The Morgan fingerprint density at radius 2 is 1.95 bits per heavy atom. The van der Waals surface area contributed by atoms with Crippen LogP contribution in [-0.4, -0.2) is 50.0 Å². The van der Waals surface area contributed by atoms with E-state index in [1.165, 1.54) is 4.68 Å². The predicted octanol–water partition coefficient (Wildman–Crippen LogP) is 1.43. The summed E-state index contributed by atoms with van der Waals surface area (Å²) in [5, 5.41) is 16.8. The van der Waals surface area contributed by atoms with Crippen molar-refractivity contribution in [3.8, 4) is 0 Å². The van der Waals surface area contributed by atoms with Crippen LogP contribution in [0.3, 0.4) is 0 Å². The number of amides is 1. The van der Waals surface area contributed by atoms with Gasteiger partial charge in [-0.15, -0.1) is 5.10 Å². The van der Waals surface area contributed by atoms with E-state index in [4.69, 9.17) is 0 Å². The van der Waals surface area contributed by atoms with Crippen molar-refractivity contribution in [1.29, 1.82) is 0 Å². The Kier molecular flexibility index (Phi) is 5.15. The molecule has 1 aliphatic heterocycles. The van der Waals surface area contributed by atoms with Crippen molar-refractivity contribution in [3.05, 3.63) is 11.4 Å². The molecule has 1 fully saturated rings. The van der Waals surface area contributed by atoms with E-state index in [2.05, 4.69) is 17.2 Å². The quantitative estimate of drug-likeness (QED) is 0.889. The van der Waals surface area contributed by atoms with Crippen LogP contribution in [0.25, 0.3) is 0 Å². The largest absolute Gasteiger partial charge is 0.476 e. The Labute approximate surface area is 130 Å². The van der Waals surface area contributed by atoms with Gasteiger partial charge in [-0.2, -0.15) is 0 Å². The first kappa shape index (κ1) is 16.5. The predicted molar refractivity (Wildman–Crippen MR) is 80.5 cm³/mol. The third kappa shape index (κ3) is 3.84. The first-order chi connectivity index (χ1) is 10.4. The lowest BCUT2D eigenvalue weighted by molar-refractivity contribution is -0.133. The molecule has 0 atom stereocenters. The van der Waals surface area contributed by atoms with Gasteiger partial charge in [0.25, 0.3) is 0 Å². The molecule has 0 aromatic carbocycles. The Bertz CT molecular complexity index is 545. The van der Waals surface area contributed by atoms with E-state index in [1.807, 2.05) is 18.7 Å². The average Bonchev–Trinajstić information content (AvgIpc) is 2.82. The topological polar surface area (TPSA) is 88.3 Å². The highest BCUT2D eigenvalue weighted by molar-refractivity contribution is 5.86. The fourth-order valence-corrected chi connectivity index (χ4v) is 2.70. The minimum atomic E-state index is -1.10.